The zero-order valence-electron chi connectivity index (χ0n) is 10.6. The average molecular weight is 246 g/mol. The molecule has 4 heteroatoms. The monoisotopic (exact) mass is 246 g/mol. The van der Waals surface area contributed by atoms with E-state index in [1.165, 1.54) is 5.57 Å². The number of nitrogens with two attached hydrogens (primary N) is 1. The molecule has 1 aromatic carbocycles. The van der Waals surface area contributed by atoms with Crippen LogP contribution in [-0.4, -0.2) is 30.5 Å². The summed E-state index contributed by atoms with van der Waals surface area (Å²) >= 11 is 0. The molecule has 0 aliphatic carbocycles. The molecule has 18 heavy (non-hydrogen) atoms. The molecule has 0 unspecified atom stereocenters. The summed E-state index contributed by atoms with van der Waals surface area (Å²) in [7, 11) is 0. The van der Waals surface area contributed by atoms with Gasteiger partial charge in [0.1, 0.15) is 5.75 Å². The number of hydrogen-bond donors (Lipinski definition) is 1. The van der Waals surface area contributed by atoms with Crippen molar-refractivity contribution in [2.24, 2.45) is 0 Å². The minimum absolute atomic E-state index is 0.0271. The van der Waals surface area contributed by atoms with Crippen LogP contribution >= 0.6 is 0 Å². The van der Waals surface area contributed by atoms with E-state index in [-0.39, 0.29) is 12.5 Å². The molecular formula is C14H18N2O2. The number of anilines is 1. The van der Waals surface area contributed by atoms with E-state index < -0.39 is 0 Å². The summed E-state index contributed by atoms with van der Waals surface area (Å²) in [4.78, 5) is 13.8. The van der Waals surface area contributed by atoms with Gasteiger partial charge in [0.15, 0.2) is 6.61 Å². The van der Waals surface area contributed by atoms with Crippen molar-refractivity contribution in [3.8, 4) is 5.75 Å². The Hall–Kier alpha value is -1.97. The number of ether oxygens (including phenoxy) is 1. The zero-order valence-corrected chi connectivity index (χ0v) is 10.6. The number of rotatable bonds is 3. The molecule has 0 saturated heterocycles. The highest BCUT2D eigenvalue weighted by Crippen LogP contribution is 2.14. The highest BCUT2D eigenvalue weighted by Gasteiger charge is 2.16. The third-order valence-electron chi connectivity index (χ3n) is 2.93. The fourth-order valence-corrected chi connectivity index (χ4v) is 1.92. The fraction of sp³-hybridized carbons (Fsp3) is 0.357. The first kappa shape index (κ1) is 12.5. The second-order valence-electron chi connectivity index (χ2n) is 4.51. The van der Waals surface area contributed by atoms with Crippen molar-refractivity contribution in [3.63, 3.8) is 0 Å². The predicted molar refractivity (Wildman–Crippen MR) is 71.3 cm³/mol. The van der Waals surface area contributed by atoms with Gasteiger partial charge in [0.25, 0.3) is 5.91 Å². The molecule has 0 aromatic heterocycles. The van der Waals surface area contributed by atoms with Gasteiger partial charge < -0.3 is 15.4 Å². The van der Waals surface area contributed by atoms with Crippen molar-refractivity contribution in [3.05, 3.63) is 35.9 Å². The molecule has 96 valence electrons. The number of nitrogens with zero attached hydrogens (tertiary/aromatic N) is 1. The molecular weight excluding hydrogens is 228 g/mol. The summed E-state index contributed by atoms with van der Waals surface area (Å²) < 4.78 is 5.45. The van der Waals surface area contributed by atoms with E-state index in [0.29, 0.717) is 18.0 Å². The summed E-state index contributed by atoms with van der Waals surface area (Å²) in [6.45, 7) is 3.61. The summed E-state index contributed by atoms with van der Waals surface area (Å²) in [5.74, 6) is 0.695. The Labute approximate surface area is 107 Å². The van der Waals surface area contributed by atoms with Gasteiger partial charge in [-0.2, -0.15) is 0 Å². The van der Waals surface area contributed by atoms with Crippen LogP contribution in [0, 0.1) is 0 Å². The number of carbonyl (C=O) groups excluding carboxylic acids is 1. The summed E-state index contributed by atoms with van der Waals surface area (Å²) in [6, 6.07) is 7.05. The maximum atomic E-state index is 11.9. The van der Waals surface area contributed by atoms with Gasteiger partial charge >= 0.3 is 0 Å². The van der Waals surface area contributed by atoms with E-state index in [2.05, 4.69) is 6.08 Å². The van der Waals surface area contributed by atoms with Gasteiger partial charge in [0, 0.05) is 18.8 Å². The lowest BCUT2D eigenvalue weighted by Gasteiger charge is -2.26. The Morgan fingerprint density at radius 3 is 2.78 bits per heavy atom. The van der Waals surface area contributed by atoms with Crippen LogP contribution in [0.15, 0.2) is 35.9 Å². The third kappa shape index (κ3) is 3.26. The molecule has 0 radical (unpaired) electrons. The maximum Gasteiger partial charge on any atom is 0.260 e. The summed E-state index contributed by atoms with van der Waals surface area (Å²) in [5, 5.41) is 0. The van der Waals surface area contributed by atoms with Crippen LogP contribution in [-0.2, 0) is 4.79 Å². The lowest BCUT2D eigenvalue weighted by molar-refractivity contribution is -0.133. The topological polar surface area (TPSA) is 55.6 Å². The lowest BCUT2D eigenvalue weighted by atomic mass is 10.1. The molecule has 2 N–H and O–H groups in total. The van der Waals surface area contributed by atoms with Crippen molar-refractivity contribution in [2.75, 3.05) is 25.4 Å². The Morgan fingerprint density at radius 2 is 2.11 bits per heavy atom. The average Bonchev–Trinajstić information content (AvgIpc) is 2.38. The fourth-order valence-electron chi connectivity index (χ4n) is 1.92. The number of hydrogen-bond acceptors (Lipinski definition) is 3. The van der Waals surface area contributed by atoms with Crippen LogP contribution < -0.4 is 10.5 Å². The van der Waals surface area contributed by atoms with Gasteiger partial charge in [-0.05, 0) is 37.6 Å². The first-order chi connectivity index (χ1) is 8.65. The largest absolute Gasteiger partial charge is 0.484 e. The Kier molecular flexibility index (Phi) is 3.87. The van der Waals surface area contributed by atoms with Crippen LogP contribution in [0.5, 0.6) is 5.75 Å². The van der Waals surface area contributed by atoms with E-state index in [1.807, 2.05) is 11.8 Å². The van der Waals surface area contributed by atoms with Crippen LogP contribution in [0.25, 0.3) is 0 Å². The summed E-state index contributed by atoms with van der Waals surface area (Å²) in [5.41, 5.74) is 7.50. The van der Waals surface area contributed by atoms with Gasteiger partial charge in [-0.25, -0.2) is 0 Å². The third-order valence-corrected chi connectivity index (χ3v) is 2.93. The van der Waals surface area contributed by atoms with E-state index in [0.717, 1.165) is 13.0 Å². The Balaban J connectivity index is 1.85. The number of amides is 1. The van der Waals surface area contributed by atoms with Crippen LogP contribution in [0.3, 0.4) is 0 Å². The molecule has 0 bridgehead atoms. The van der Waals surface area contributed by atoms with E-state index in [1.54, 1.807) is 24.3 Å². The number of carbonyl (C=O) groups is 1. The number of benzene rings is 1. The molecule has 1 aliphatic heterocycles. The van der Waals surface area contributed by atoms with E-state index in [9.17, 15) is 4.79 Å². The molecule has 1 amide bonds. The smallest absolute Gasteiger partial charge is 0.260 e. The van der Waals surface area contributed by atoms with Gasteiger partial charge in [-0.15, -0.1) is 0 Å². The second-order valence-corrected chi connectivity index (χ2v) is 4.51. The van der Waals surface area contributed by atoms with Crippen LogP contribution in [0.4, 0.5) is 5.69 Å². The minimum atomic E-state index is 0.0271. The minimum Gasteiger partial charge on any atom is -0.484 e. The maximum absolute atomic E-state index is 11.9. The molecule has 2 rings (SSSR count). The quantitative estimate of drug-likeness (QED) is 0.654. The molecule has 0 fully saturated rings. The van der Waals surface area contributed by atoms with Crippen molar-refractivity contribution < 1.29 is 9.53 Å². The lowest BCUT2D eigenvalue weighted by Crippen LogP contribution is -2.38. The van der Waals surface area contributed by atoms with Gasteiger partial charge in [-0.1, -0.05) is 11.6 Å². The molecule has 1 aliphatic rings. The van der Waals surface area contributed by atoms with Crippen molar-refractivity contribution in [2.45, 2.75) is 13.3 Å². The van der Waals surface area contributed by atoms with Crippen LogP contribution in [0.2, 0.25) is 0 Å². The van der Waals surface area contributed by atoms with Gasteiger partial charge in [-0.3, -0.25) is 4.79 Å². The van der Waals surface area contributed by atoms with Crippen LogP contribution in [0.1, 0.15) is 13.3 Å². The molecule has 0 atom stereocenters. The summed E-state index contributed by atoms with van der Waals surface area (Å²) in [6.07, 6.45) is 3.10. The molecule has 4 nitrogen and oxygen atoms in total. The zero-order chi connectivity index (χ0) is 13.0. The first-order valence-electron chi connectivity index (χ1n) is 6.07. The Bertz CT molecular complexity index is 451. The van der Waals surface area contributed by atoms with Crippen molar-refractivity contribution >= 4 is 11.6 Å². The highest BCUT2D eigenvalue weighted by molar-refractivity contribution is 5.78. The highest BCUT2D eigenvalue weighted by atomic mass is 16.5. The first-order valence-corrected chi connectivity index (χ1v) is 6.07. The second kappa shape index (κ2) is 5.58. The van der Waals surface area contributed by atoms with Gasteiger partial charge in [0.2, 0.25) is 0 Å². The molecule has 1 heterocycles. The SMILES string of the molecule is CC1=CCCN(C(=O)COc2ccc(N)cc2)C1. The predicted octanol–water partition coefficient (Wildman–Crippen LogP) is 1.83. The molecule has 0 saturated carbocycles. The molecule has 0 spiro atoms. The number of nitrogen functional groups attached to an aromatic ring is 1. The van der Waals surface area contributed by atoms with Gasteiger partial charge in [0.05, 0.1) is 0 Å². The van der Waals surface area contributed by atoms with Crippen molar-refractivity contribution in [1.82, 2.24) is 4.90 Å². The van der Waals surface area contributed by atoms with Crippen molar-refractivity contribution in [1.29, 1.82) is 0 Å². The van der Waals surface area contributed by atoms with E-state index >= 15 is 0 Å². The van der Waals surface area contributed by atoms with E-state index in [4.69, 9.17) is 10.5 Å². The Morgan fingerprint density at radius 1 is 1.39 bits per heavy atom. The molecule has 1 aromatic rings. The normalized spacial score (nSPS) is 15.2. The standard InChI is InChI=1S/C14H18N2O2/c1-11-3-2-8-16(9-11)14(17)10-18-13-6-4-12(15)5-7-13/h3-7H,2,8-10,15H2,1H3.